The topological polar surface area (TPSA) is 35.0 Å². The summed E-state index contributed by atoms with van der Waals surface area (Å²) >= 11 is 0. The van der Waals surface area contributed by atoms with Crippen molar-refractivity contribution in [2.75, 3.05) is 7.11 Å². The number of aromatic nitrogens is 2. The highest BCUT2D eigenvalue weighted by Crippen LogP contribution is 2.11. The maximum absolute atomic E-state index is 12.4. The Bertz CT molecular complexity index is 565. The van der Waals surface area contributed by atoms with Crippen molar-refractivity contribution < 1.29 is 26.7 Å². The molecule has 8 heteroatoms. The lowest BCUT2D eigenvalue weighted by atomic mass is 10.4. The van der Waals surface area contributed by atoms with Gasteiger partial charge in [0.1, 0.15) is 0 Å². The molecule has 102 valence electrons. The average Bonchev–Trinajstić information content (AvgIpc) is 2.38. The van der Waals surface area contributed by atoms with Crippen LogP contribution < -0.4 is 4.74 Å². The van der Waals surface area contributed by atoms with Crippen molar-refractivity contribution in [1.82, 2.24) is 9.97 Å². The van der Waals surface area contributed by atoms with Crippen molar-refractivity contribution in [3.63, 3.8) is 0 Å². The van der Waals surface area contributed by atoms with Crippen molar-refractivity contribution in [2.24, 2.45) is 0 Å². The first-order valence-corrected chi connectivity index (χ1v) is 4.77. The summed E-state index contributed by atoms with van der Waals surface area (Å²) in [6.07, 6.45) is 0. The van der Waals surface area contributed by atoms with Crippen LogP contribution in [0.25, 0.3) is 0 Å². The zero-order valence-corrected chi connectivity index (χ0v) is 9.50. The zero-order chi connectivity index (χ0) is 14.4. The Balaban J connectivity index is 0.000000191. The maximum Gasteiger partial charge on any atom is 0.252 e. The summed E-state index contributed by atoms with van der Waals surface area (Å²) in [5, 5.41) is 0. The average molecular weight is 278 g/mol. The molecule has 0 aliphatic heterocycles. The minimum atomic E-state index is -1.41. The van der Waals surface area contributed by atoms with Gasteiger partial charge in [-0.3, -0.25) is 0 Å². The Labute approximate surface area is 104 Å². The van der Waals surface area contributed by atoms with Gasteiger partial charge in [0.15, 0.2) is 11.6 Å². The molecule has 0 N–H and O–H groups in total. The van der Waals surface area contributed by atoms with Crippen LogP contribution in [0.5, 0.6) is 5.88 Å². The van der Waals surface area contributed by atoms with Crippen LogP contribution in [-0.4, -0.2) is 17.1 Å². The molecule has 3 nitrogen and oxygen atoms in total. The molecule has 2 aromatic rings. The zero-order valence-electron chi connectivity index (χ0n) is 9.50. The Hall–Kier alpha value is -2.25. The quantitative estimate of drug-likeness (QED) is 0.594. The van der Waals surface area contributed by atoms with Crippen LogP contribution in [0.4, 0.5) is 22.0 Å². The van der Waals surface area contributed by atoms with Gasteiger partial charge in [-0.15, -0.1) is 0 Å². The predicted octanol–water partition coefficient (Wildman–Crippen LogP) is 2.87. The Morgan fingerprint density at radius 1 is 0.789 bits per heavy atom. The summed E-state index contributed by atoms with van der Waals surface area (Å²) in [5.41, 5.74) is 0. The van der Waals surface area contributed by atoms with Gasteiger partial charge in [-0.2, -0.15) is 23.1 Å². The molecule has 0 saturated carbocycles. The summed E-state index contributed by atoms with van der Waals surface area (Å²) in [6, 6.07) is 3.31. The van der Waals surface area contributed by atoms with E-state index < -0.39 is 29.5 Å². The molecule has 0 aliphatic carbocycles. The molecule has 0 aromatic carbocycles. The highest BCUT2D eigenvalue weighted by molar-refractivity contribution is 5.13. The molecule has 2 aromatic heterocycles. The molecule has 2 rings (SSSR count). The summed E-state index contributed by atoms with van der Waals surface area (Å²) in [6.45, 7) is 0. The maximum atomic E-state index is 12.4. The van der Waals surface area contributed by atoms with Crippen molar-refractivity contribution in [2.45, 2.75) is 0 Å². The van der Waals surface area contributed by atoms with Crippen LogP contribution in [0, 0.1) is 29.5 Å². The largest absolute Gasteiger partial charge is 0.479 e. The van der Waals surface area contributed by atoms with Crippen LogP contribution in [-0.2, 0) is 0 Å². The highest BCUT2D eigenvalue weighted by Gasteiger charge is 2.03. The first-order valence-electron chi connectivity index (χ1n) is 4.77. The molecule has 0 bridgehead atoms. The van der Waals surface area contributed by atoms with Crippen molar-refractivity contribution in [1.29, 1.82) is 0 Å². The molecule has 0 amide bonds. The summed E-state index contributed by atoms with van der Waals surface area (Å²) < 4.78 is 64.6. The molecule has 19 heavy (non-hydrogen) atoms. The highest BCUT2D eigenvalue weighted by atomic mass is 19.2. The van der Waals surface area contributed by atoms with Crippen LogP contribution in [0.1, 0.15) is 0 Å². The second-order valence-corrected chi connectivity index (χ2v) is 3.03. The Morgan fingerprint density at radius 3 is 1.74 bits per heavy atom. The molecular weight excluding hydrogens is 271 g/mol. The molecule has 0 unspecified atom stereocenters. The number of methoxy groups -OCH3 is 1. The first kappa shape index (κ1) is 14.8. The van der Waals surface area contributed by atoms with E-state index >= 15 is 0 Å². The second-order valence-electron chi connectivity index (χ2n) is 3.03. The van der Waals surface area contributed by atoms with Crippen molar-refractivity contribution in [3.05, 3.63) is 53.7 Å². The molecule has 0 fully saturated rings. The minimum absolute atomic E-state index is 0.319. The third-order valence-corrected chi connectivity index (χ3v) is 1.74. The number of rotatable bonds is 1. The van der Waals surface area contributed by atoms with Gasteiger partial charge in [0.2, 0.25) is 11.9 Å². The molecule has 0 saturated heterocycles. The van der Waals surface area contributed by atoms with Crippen LogP contribution in [0.15, 0.2) is 24.3 Å². The monoisotopic (exact) mass is 278 g/mol. The third kappa shape index (κ3) is 4.49. The predicted molar refractivity (Wildman–Crippen MR) is 54.8 cm³/mol. The molecule has 0 aliphatic rings. The van der Waals surface area contributed by atoms with E-state index in [0.29, 0.717) is 6.07 Å². The van der Waals surface area contributed by atoms with Gasteiger partial charge in [0.05, 0.1) is 7.11 Å². The van der Waals surface area contributed by atoms with Gasteiger partial charge < -0.3 is 4.74 Å². The van der Waals surface area contributed by atoms with E-state index in [1.807, 2.05) is 0 Å². The van der Waals surface area contributed by atoms with E-state index in [4.69, 9.17) is 0 Å². The van der Waals surface area contributed by atoms with Crippen LogP contribution in [0.2, 0.25) is 0 Å². The lowest BCUT2D eigenvalue weighted by Crippen LogP contribution is -1.93. The van der Waals surface area contributed by atoms with Gasteiger partial charge in [0.25, 0.3) is 11.8 Å². The minimum Gasteiger partial charge on any atom is -0.479 e. The van der Waals surface area contributed by atoms with Gasteiger partial charge >= 0.3 is 0 Å². The first-order chi connectivity index (χ1) is 8.93. The molecule has 2 heterocycles. The van der Waals surface area contributed by atoms with E-state index in [1.165, 1.54) is 7.11 Å². The van der Waals surface area contributed by atoms with Crippen LogP contribution >= 0.6 is 0 Å². The smallest absolute Gasteiger partial charge is 0.252 e. The normalized spacial score (nSPS) is 9.58. The SMILES string of the molecule is COc1nc(F)ccc1F.Fc1ccc(F)c(F)n1. The van der Waals surface area contributed by atoms with Gasteiger partial charge in [-0.1, -0.05) is 0 Å². The lowest BCUT2D eigenvalue weighted by molar-refractivity contribution is 0.359. The third-order valence-electron chi connectivity index (χ3n) is 1.74. The van der Waals surface area contributed by atoms with Gasteiger partial charge in [-0.25, -0.2) is 8.78 Å². The number of nitrogens with zero attached hydrogens (tertiary/aromatic N) is 2. The van der Waals surface area contributed by atoms with Gasteiger partial charge in [0, 0.05) is 0 Å². The summed E-state index contributed by atoms with van der Waals surface area (Å²) in [4.78, 5) is 5.69. The van der Waals surface area contributed by atoms with E-state index in [1.54, 1.807) is 0 Å². The number of ether oxygens (including phenoxy) is 1. The fourth-order valence-electron chi connectivity index (χ4n) is 0.939. The number of halogens is 5. The molecule has 0 spiro atoms. The van der Waals surface area contributed by atoms with Crippen LogP contribution in [0.3, 0.4) is 0 Å². The van der Waals surface area contributed by atoms with E-state index in [0.717, 1.165) is 18.2 Å². The molecule has 0 atom stereocenters. The Morgan fingerprint density at radius 2 is 1.32 bits per heavy atom. The van der Waals surface area contributed by atoms with Gasteiger partial charge in [-0.05, 0) is 24.3 Å². The van der Waals surface area contributed by atoms with Crippen molar-refractivity contribution in [3.8, 4) is 5.88 Å². The van der Waals surface area contributed by atoms with E-state index in [9.17, 15) is 22.0 Å². The summed E-state index contributed by atoms with van der Waals surface area (Å²) in [5.74, 6) is -5.30. The summed E-state index contributed by atoms with van der Waals surface area (Å²) in [7, 11) is 1.23. The fraction of sp³-hybridized carbons (Fsp3) is 0.0909. The number of hydrogen-bond donors (Lipinski definition) is 0. The standard InChI is InChI=1S/C6H5F2NO.C5H2F3N/c1-10-6-4(7)2-3-5(8)9-6;6-3-1-2-4(7)9-5(3)8/h2-3H,1H3;1-2H. The number of hydrogen-bond acceptors (Lipinski definition) is 3. The van der Waals surface area contributed by atoms with E-state index in [2.05, 4.69) is 14.7 Å². The number of pyridine rings is 2. The fourth-order valence-corrected chi connectivity index (χ4v) is 0.939. The lowest BCUT2D eigenvalue weighted by Gasteiger charge is -1.97. The Kier molecular flexibility index (Phi) is 5.16. The van der Waals surface area contributed by atoms with E-state index in [-0.39, 0.29) is 5.88 Å². The second kappa shape index (κ2) is 6.62. The van der Waals surface area contributed by atoms with Crippen molar-refractivity contribution >= 4 is 0 Å². The molecule has 0 radical (unpaired) electrons. The molecular formula is C11H7F5N2O.